The fourth-order valence-corrected chi connectivity index (χ4v) is 14.3. The highest BCUT2D eigenvalue weighted by Crippen LogP contribution is 2.65. The minimum absolute atomic E-state index is 0.199. The van der Waals surface area contributed by atoms with Crippen molar-refractivity contribution in [3.05, 3.63) is 35.6 Å². The fourth-order valence-electron chi connectivity index (χ4n) is 9.05. The number of aliphatic hydroxyl groups is 1. The number of allylic oxidation sites excluding steroid dienone is 4. The van der Waals surface area contributed by atoms with Crippen molar-refractivity contribution in [2.45, 2.75) is 116 Å². The Bertz CT molecular complexity index is 938. The van der Waals surface area contributed by atoms with Crippen molar-refractivity contribution in [1.82, 2.24) is 0 Å². The minimum atomic E-state index is -1.92. The van der Waals surface area contributed by atoms with Crippen molar-refractivity contribution < 1.29 is 9.84 Å². The minimum Gasteiger partial charge on any atom is -0.498 e. The average molecular weight is 495 g/mol. The van der Waals surface area contributed by atoms with Gasteiger partial charge in [-0.3, -0.25) is 0 Å². The molecule has 0 aromatic carbocycles. The largest absolute Gasteiger partial charge is 0.498 e. The molecule has 4 aliphatic rings. The number of fused-ring (bicyclic) bond motifs is 5. The van der Waals surface area contributed by atoms with E-state index in [1.54, 1.807) is 0 Å². The van der Waals surface area contributed by atoms with Gasteiger partial charge >= 0.3 is 0 Å². The van der Waals surface area contributed by atoms with E-state index < -0.39 is 13.7 Å². The van der Waals surface area contributed by atoms with Gasteiger partial charge in [-0.05, 0) is 96.5 Å². The highest BCUT2D eigenvalue weighted by molar-refractivity contribution is 6.90. The monoisotopic (exact) mass is 494 g/mol. The molecule has 0 radical (unpaired) electrons. The van der Waals surface area contributed by atoms with Gasteiger partial charge in [0.05, 0.1) is 12.4 Å². The summed E-state index contributed by atoms with van der Waals surface area (Å²) in [5, 5.41) is 12.3. The maximum Gasteiger partial charge on any atom is 0.151 e. The fraction of sp³-hybridized carbons (Fsp3) is 0.750. The number of ether oxygens (including phenoxy) is 1. The molecular formula is C32H50O2Si. The Hall–Kier alpha value is -1.24. The van der Waals surface area contributed by atoms with E-state index in [4.69, 9.17) is 4.74 Å². The Balaban J connectivity index is 1.67. The lowest BCUT2D eigenvalue weighted by molar-refractivity contribution is -0.0717. The van der Waals surface area contributed by atoms with Crippen LogP contribution in [0.1, 0.15) is 93.9 Å². The zero-order chi connectivity index (χ0) is 25.8. The van der Waals surface area contributed by atoms with Gasteiger partial charge in [-0.1, -0.05) is 67.0 Å². The van der Waals surface area contributed by atoms with Crippen LogP contribution >= 0.6 is 0 Å². The van der Waals surface area contributed by atoms with Gasteiger partial charge in [0.15, 0.2) is 5.60 Å². The number of hydrogen-bond donors (Lipinski definition) is 1. The topological polar surface area (TPSA) is 29.5 Å². The van der Waals surface area contributed by atoms with Gasteiger partial charge in [-0.15, -0.1) is 5.54 Å². The van der Waals surface area contributed by atoms with Gasteiger partial charge in [0, 0.05) is 11.8 Å². The van der Waals surface area contributed by atoms with E-state index >= 15 is 0 Å². The Morgan fingerprint density at radius 1 is 1.11 bits per heavy atom. The maximum absolute atomic E-state index is 12.3. The normalized spacial score (nSPS) is 36.7. The van der Waals surface area contributed by atoms with Crippen molar-refractivity contribution in [1.29, 1.82) is 0 Å². The van der Waals surface area contributed by atoms with Gasteiger partial charge < -0.3 is 9.84 Å². The summed E-state index contributed by atoms with van der Waals surface area (Å²) in [4.78, 5) is 0. The molecule has 0 saturated heterocycles. The number of hydrogen-bond acceptors (Lipinski definition) is 2. The molecule has 0 heterocycles. The lowest BCUT2D eigenvalue weighted by atomic mass is 9.51. The summed E-state index contributed by atoms with van der Waals surface area (Å²) >= 11 is 0. The van der Waals surface area contributed by atoms with Crippen LogP contribution in [0.2, 0.25) is 16.6 Å². The Morgan fingerprint density at radius 3 is 2.37 bits per heavy atom. The highest BCUT2D eigenvalue weighted by Gasteiger charge is 2.63. The van der Waals surface area contributed by atoms with Crippen LogP contribution in [-0.4, -0.2) is 25.4 Å². The van der Waals surface area contributed by atoms with Crippen LogP contribution < -0.4 is 0 Å². The summed E-state index contributed by atoms with van der Waals surface area (Å²) in [5.41, 5.74) is 6.81. The summed E-state index contributed by atoms with van der Waals surface area (Å²) in [5.74, 6) is 7.26. The second kappa shape index (κ2) is 9.57. The molecule has 0 amide bonds. The first-order chi connectivity index (χ1) is 16.4. The second-order valence-corrected chi connectivity index (χ2v) is 18.8. The van der Waals surface area contributed by atoms with E-state index in [1.165, 1.54) is 24.2 Å². The molecule has 0 unspecified atom stereocenters. The first kappa shape index (κ1) is 26.8. The van der Waals surface area contributed by atoms with E-state index in [0.717, 1.165) is 37.9 Å². The van der Waals surface area contributed by atoms with Crippen LogP contribution in [-0.2, 0) is 4.74 Å². The molecule has 6 atom stereocenters. The number of rotatable bonds is 5. The van der Waals surface area contributed by atoms with Crippen molar-refractivity contribution in [2.75, 3.05) is 6.61 Å². The van der Waals surface area contributed by atoms with Crippen molar-refractivity contribution in [3.63, 3.8) is 0 Å². The Labute approximate surface area is 216 Å². The molecule has 2 nitrogen and oxygen atoms in total. The molecule has 0 aliphatic heterocycles. The zero-order valence-corrected chi connectivity index (χ0v) is 24.7. The van der Waals surface area contributed by atoms with Crippen LogP contribution in [0.15, 0.2) is 35.6 Å². The molecule has 4 rings (SSSR count). The molecule has 1 N–H and O–H groups in total. The van der Waals surface area contributed by atoms with E-state index in [0.29, 0.717) is 40.3 Å². The SMILES string of the molecule is C=C1C[C@H]2[C@@H]3CC=C4C=C(OCC)CC[C@@H]4[C@H]3CC[C@]2(C)[C@]1(O)C#C[Si](C(C)C)(C(C)C)C(C)C. The van der Waals surface area contributed by atoms with E-state index in [-0.39, 0.29) is 5.41 Å². The van der Waals surface area contributed by atoms with Gasteiger partial charge in [0.1, 0.15) is 8.07 Å². The molecule has 2 saturated carbocycles. The highest BCUT2D eigenvalue weighted by atomic mass is 28.3. The summed E-state index contributed by atoms with van der Waals surface area (Å²) < 4.78 is 5.86. The standard InChI is InChI=1S/C32H50O2Si/c1-10-34-26-12-14-27-25(20-26)11-13-29-28(27)15-16-31(9)30(29)19-24(8)32(31,33)17-18-35(21(2)3,22(4)5)23(6)7/h11,20-23,27-30,33H,8,10,12-16,19H2,1-7,9H3/t27-,28+,29+,30-,31-,32-/m0/s1. The Kier molecular flexibility index (Phi) is 7.33. The summed E-state index contributed by atoms with van der Waals surface area (Å²) in [6, 6.07) is 0. The van der Waals surface area contributed by atoms with E-state index in [1.807, 2.05) is 0 Å². The predicted octanol–water partition coefficient (Wildman–Crippen LogP) is 8.21. The van der Waals surface area contributed by atoms with E-state index in [9.17, 15) is 5.11 Å². The summed E-state index contributed by atoms with van der Waals surface area (Å²) in [6.07, 6.45) is 11.4. The first-order valence-electron chi connectivity index (χ1n) is 14.4. The van der Waals surface area contributed by atoms with Crippen LogP contribution in [0.25, 0.3) is 0 Å². The summed E-state index contributed by atoms with van der Waals surface area (Å²) in [7, 11) is -1.92. The van der Waals surface area contributed by atoms with Gasteiger partial charge in [-0.2, -0.15) is 0 Å². The predicted molar refractivity (Wildman–Crippen MR) is 150 cm³/mol. The molecule has 3 heteroatoms. The first-order valence-corrected chi connectivity index (χ1v) is 16.6. The maximum atomic E-state index is 12.3. The molecule has 0 aromatic rings. The quantitative estimate of drug-likeness (QED) is 0.237. The summed E-state index contributed by atoms with van der Waals surface area (Å²) in [6.45, 7) is 23.8. The lowest BCUT2D eigenvalue weighted by Crippen LogP contribution is -2.52. The van der Waals surface area contributed by atoms with Crippen LogP contribution in [0.5, 0.6) is 0 Å². The smallest absolute Gasteiger partial charge is 0.151 e. The van der Waals surface area contributed by atoms with Crippen LogP contribution in [0.3, 0.4) is 0 Å². The zero-order valence-electron chi connectivity index (χ0n) is 23.7. The third kappa shape index (κ3) is 4.02. The molecule has 35 heavy (non-hydrogen) atoms. The average Bonchev–Trinajstić information content (AvgIpc) is 2.99. The van der Waals surface area contributed by atoms with Crippen molar-refractivity contribution in [2.24, 2.45) is 29.1 Å². The van der Waals surface area contributed by atoms with E-state index in [2.05, 4.69) is 85.6 Å². The lowest BCUT2D eigenvalue weighted by Gasteiger charge is -2.53. The molecule has 4 aliphatic carbocycles. The molecule has 2 fully saturated rings. The van der Waals surface area contributed by atoms with Gasteiger partial charge in [-0.25, -0.2) is 0 Å². The molecule has 0 spiro atoms. The van der Waals surface area contributed by atoms with Crippen molar-refractivity contribution in [3.8, 4) is 11.5 Å². The second-order valence-electron chi connectivity index (χ2n) is 13.2. The Morgan fingerprint density at radius 2 is 1.77 bits per heavy atom. The van der Waals surface area contributed by atoms with Crippen LogP contribution in [0.4, 0.5) is 0 Å². The van der Waals surface area contributed by atoms with Crippen LogP contribution in [0, 0.1) is 40.6 Å². The third-order valence-corrected chi connectivity index (χ3v) is 17.2. The molecule has 0 aromatic heterocycles. The van der Waals surface area contributed by atoms with Crippen molar-refractivity contribution >= 4 is 8.07 Å². The van der Waals surface area contributed by atoms with Gasteiger partial charge in [0.2, 0.25) is 0 Å². The molecular weight excluding hydrogens is 444 g/mol. The van der Waals surface area contributed by atoms with Gasteiger partial charge in [0.25, 0.3) is 0 Å². The molecule has 0 bridgehead atoms. The molecule has 194 valence electrons. The third-order valence-electron chi connectivity index (χ3n) is 10.9.